The zero-order chi connectivity index (χ0) is 28.8. The molecule has 5 rings (SSSR count). The minimum absolute atomic E-state index is 0.132. The molecule has 1 aliphatic heterocycles. The molecule has 0 aliphatic carbocycles. The third-order valence-electron chi connectivity index (χ3n) is 7.83. The number of anilines is 1. The number of piperazine rings is 1. The summed E-state index contributed by atoms with van der Waals surface area (Å²) in [4.78, 5) is 15.8. The lowest BCUT2D eigenvalue weighted by Gasteiger charge is -2.45. The van der Waals surface area contributed by atoms with Gasteiger partial charge in [-0.05, 0) is 72.4 Å². The lowest BCUT2D eigenvalue weighted by Crippen LogP contribution is -2.56. The van der Waals surface area contributed by atoms with Crippen LogP contribution in [0.2, 0.25) is 0 Å². The first-order chi connectivity index (χ1) is 19.9. The smallest absolute Gasteiger partial charge is 0.303 e. The van der Waals surface area contributed by atoms with Crippen molar-refractivity contribution in [2.24, 2.45) is 0 Å². The van der Waals surface area contributed by atoms with Gasteiger partial charge >= 0.3 is 5.97 Å². The summed E-state index contributed by atoms with van der Waals surface area (Å²) in [5.74, 6) is 0.119. The van der Waals surface area contributed by atoms with Crippen molar-refractivity contribution >= 4 is 11.7 Å². The number of carboxylic acids is 1. The Morgan fingerprint density at radius 3 is 2.51 bits per heavy atom. The van der Waals surface area contributed by atoms with Crippen LogP contribution in [0.25, 0.3) is 11.4 Å². The number of phenolic OH excluding ortho intramolecular Hbond substituents is 1. The van der Waals surface area contributed by atoms with Crippen molar-refractivity contribution in [2.45, 2.75) is 64.7 Å². The second kappa shape index (κ2) is 13.0. The number of aromatic hydroxyl groups is 1. The maximum Gasteiger partial charge on any atom is 0.303 e. The monoisotopic (exact) mass is 554 g/mol. The van der Waals surface area contributed by atoms with Crippen LogP contribution in [-0.4, -0.2) is 66.5 Å². The van der Waals surface area contributed by atoms with Crippen molar-refractivity contribution in [3.8, 4) is 17.1 Å². The van der Waals surface area contributed by atoms with Crippen LogP contribution in [0.5, 0.6) is 5.75 Å². The van der Waals surface area contributed by atoms with Crippen LogP contribution < -0.4 is 4.90 Å². The summed E-state index contributed by atoms with van der Waals surface area (Å²) in [6, 6.07) is 25.2. The van der Waals surface area contributed by atoms with Gasteiger partial charge in [0, 0.05) is 62.0 Å². The first kappa shape index (κ1) is 28.3. The SMILES string of the molecule is C[C@@H]1CN(c2cc(O)cc(Cc3ccccc3-c3nnnn3CCCCC(=O)O)c2)[C@@H](C)CN1Cc1ccccc1. The predicted molar refractivity (Wildman–Crippen MR) is 159 cm³/mol. The standard InChI is InChI=1S/C32H38N6O3/c1-23-21-37(24(2)20-36(23)22-25-10-4-3-5-11-25)28-17-26(18-29(39)19-28)16-27-12-6-7-13-30(27)32-33-34-35-38(32)15-9-8-14-31(40)41/h3-7,10-13,17-19,23-24,39H,8-9,14-16,20-22H2,1-2H3,(H,40,41)/t23-,24+/m1/s1. The Labute approximate surface area is 241 Å². The Kier molecular flexibility index (Phi) is 8.94. The number of phenols is 1. The summed E-state index contributed by atoms with van der Waals surface area (Å²) >= 11 is 0. The fourth-order valence-corrected chi connectivity index (χ4v) is 5.72. The molecule has 0 radical (unpaired) electrons. The maximum atomic E-state index is 10.9. The van der Waals surface area contributed by atoms with E-state index in [-0.39, 0.29) is 12.2 Å². The molecule has 1 aliphatic rings. The fourth-order valence-electron chi connectivity index (χ4n) is 5.72. The van der Waals surface area contributed by atoms with Crippen molar-refractivity contribution in [1.29, 1.82) is 0 Å². The summed E-state index contributed by atoms with van der Waals surface area (Å²) in [5, 5.41) is 32.0. The molecule has 2 atom stereocenters. The molecule has 2 heterocycles. The van der Waals surface area contributed by atoms with E-state index in [0.717, 1.165) is 42.0 Å². The third-order valence-corrected chi connectivity index (χ3v) is 7.83. The highest BCUT2D eigenvalue weighted by molar-refractivity contribution is 5.66. The molecular formula is C32H38N6O3. The Bertz CT molecular complexity index is 1460. The van der Waals surface area contributed by atoms with Crippen LogP contribution in [0.4, 0.5) is 5.69 Å². The van der Waals surface area contributed by atoms with Crippen LogP contribution in [0, 0.1) is 0 Å². The molecular weight excluding hydrogens is 516 g/mol. The molecule has 0 saturated carbocycles. The Morgan fingerprint density at radius 1 is 0.927 bits per heavy atom. The van der Waals surface area contributed by atoms with E-state index in [1.807, 2.05) is 30.3 Å². The first-order valence-electron chi connectivity index (χ1n) is 14.3. The minimum Gasteiger partial charge on any atom is -0.508 e. The van der Waals surface area contributed by atoms with Crippen LogP contribution >= 0.6 is 0 Å². The van der Waals surface area contributed by atoms with Crippen molar-refractivity contribution < 1.29 is 15.0 Å². The highest BCUT2D eigenvalue weighted by atomic mass is 16.4. The van der Waals surface area contributed by atoms with Crippen molar-refractivity contribution in [1.82, 2.24) is 25.1 Å². The molecule has 0 bridgehead atoms. The predicted octanol–water partition coefficient (Wildman–Crippen LogP) is 4.99. The Hall–Kier alpha value is -4.24. The van der Waals surface area contributed by atoms with Gasteiger partial charge in [-0.2, -0.15) is 0 Å². The molecule has 3 aromatic carbocycles. The Morgan fingerprint density at radius 2 is 1.71 bits per heavy atom. The average molecular weight is 555 g/mol. The molecule has 1 fully saturated rings. The molecule has 41 heavy (non-hydrogen) atoms. The highest BCUT2D eigenvalue weighted by Crippen LogP contribution is 2.31. The summed E-state index contributed by atoms with van der Waals surface area (Å²) in [7, 11) is 0. The van der Waals surface area contributed by atoms with Gasteiger partial charge in [-0.25, -0.2) is 4.68 Å². The summed E-state index contributed by atoms with van der Waals surface area (Å²) in [6.07, 6.45) is 1.99. The Balaban J connectivity index is 1.32. The number of rotatable bonds is 11. The fraction of sp³-hybridized carbons (Fsp3) is 0.375. The molecule has 214 valence electrons. The number of aromatic nitrogens is 4. The molecule has 4 aromatic rings. The molecule has 2 N–H and O–H groups in total. The molecule has 1 aromatic heterocycles. The van der Waals surface area contributed by atoms with Gasteiger partial charge in [-0.15, -0.1) is 5.10 Å². The number of benzene rings is 3. The maximum absolute atomic E-state index is 10.9. The van der Waals surface area contributed by atoms with E-state index in [2.05, 4.69) is 81.6 Å². The zero-order valence-electron chi connectivity index (χ0n) is 23.7. The molecule has 0 amide bonds. The number of aliphatic carboxylic acids is 1. The van der Waals surface area contributed by atoms with Gasteiger partial charge in [0.15, 0.2) is 5.82 Å². The van der Waals surface area contributed by atoms with Gasteiger partial charge in [0.1, 0.15) is 5.75 Å². The number of unbranched alkanes of at least 4 members (excludes halogenated alkanes) is 1. The summed E-state index contributed by atoms with van der Waals surface area (Å²) in [6.45, 7) is 7.82. The zero-order valence-corrected chi connectivity index (χ0v) is 23.7. The van der Waals surface area contributed by atoms with E-state index in [4.69, 9.17) is 5.11 Å². The van der Waals surface area contributed by atoms with Gasteiger partial charge in [-0.1, -0.05) is 54.6 Å². The van der Waals surface area contributed by atoms with Gasteiger partial charge in [0.25, 0.3) is 0 Å². The lowest BCUT2D eigenvalue weighted by molar-refractivity contribution is -0.137. The topological polar surface area (TPSA) is 108 Å². The molecule has 9 nitrogen and oxygen atoms in total. The van der Waals surface area contributed by atoms with Gasteiger partial charge in [0.05, 0.1) is 0 Å². The van der Waals surface area contributed by atoms with Crippen molar-refractivity contribution in [2.75, 3.05) is 18.0 Å². The number of carboxylic acid groups (broad SMARTS) is 1. The van der Waals surface area contributed by atoms with E-state index in [0.29, 0.717) is 43.7 Å². The number of hydrogen-bond donors (Lipinski definition) is 2. The average Bonchev–Trinajstić information content (AvgIpc) is 3.42. The summed E-state index contributed by atoms with van der Waals surface area (Å²) < 4.78 is 1.74. The quantitative estimate of drug-likeness (QED) is 0.250. The minimum atomic E-state index is -0.796. The molecule has 0 spiro atoms. The van der Waals surface area contributed by atoms with Crippen LogP contribution in [0.15, 0.2) is 72.8 Å². The van der Waals surface area contributed by atoms with E-state index in [1.54, 1.807) is 4.68 Å². The van der Waals surface area contributed by atoms with E-state index < -0.39 is 5.97 Å². The van der Waals surface area contributed by atoms with Crippen LogP contribution in [0.1, 0.15) is 49.8 Å². The number of tetrazole rings is 1. The molecule has 9 heteroatoms. The number of nitrogens with zero attached hydrogens (tertiary/aromatic N) is 6. The largest absolute Gasteiger partial charge is 0.508 e. The number of carbonyl (C=O) groups is 1. The summed E-state index contributed by atoms with van der Waals surface area (Å²) in [5.41, 5.74) is 5.35. The van der Waals surface area contributed by atoms with Crippen LogP contribution in [0.3, 0.4) is 0 Å². The van der Waals surface area contributed by atoms with Crippen molar-refractivity contribution in [3.63, 3.8) is 0 Å². The number of hydrogen-bond acceptors (Lipinski definition) is 7. The highest BCUT2D eigenvalue weighted by Gasteiger charge is 2.29. The van der Waals surface area contributed by atoms with Crippen molar-refractivity contribution in [3.05, 3.63) is 89.5 Å². The van der Waals surface area contributed by atoms with Crippen LogP contribution in [-0.2, 0) is 24.3 Å². The molecule has 0 unspecified atom stereocenters. The second-order valence-corrected chi connectivity index (χ2v) is 11.0. The van der Waals surface area contributed by atoms with Gasteiger partial charge in [-0.3, -0.25) is 9.69 Å². The van der Waals surface area contributed by atoms with E-state index >= 15 is 0 Å². The normalized spacial score (nSPS) is 17.6. The van der Waals surface area contributed by atoms with Gasteiger partial charge < -0.3 is 15.1 Å². The number of aryl methyl sites for hydroxylation is 1. The van der Waals surface area contributed by atoms with E-state index in [9.17, 15) is 9.90 Å². The van der Waals surface area contributed by atoms with E-state index in [1.165, 1.54) is 5.56 Å². The van der Waals surface area contributed by atoms with Gasteiger partial charge in [0.2, 0.25) is 0 Å². The first-order valence-corrected chi connectivity index (χ1v) is 14.3. The third kappa shape index (κ3) is 7.10. The lowest BCUT2D eigenvalue weighted by atomic mass is 9.98. The molecule has 1 saturated heterocycles. The second-order valence-electron chi connectivity index (χ2n) is 11.0.